The Bertz CT molecular complexity index is 1790. The smallest absolute Gasteiger partial charge is 0.246 e. The number of para-hydroxylation sites is 1. The first-order chi connectivity index (χ1) is 22.4. The zero-order valence-electron chi connectivity index (χ0n) is 25.0. The van der Waals surface area contributed by atoms with Crippen molar-refractivity contribution in [2.45, 2.75) is 55.9 Å². The highest BCUT2D eigenvalue weighted by Crippen LogP contribution is 2.24. The Hall–Kier alpha value is -5.61. The second-order valence-corrected chi connectivity index (χ2v) is 11.7. The van der Waals surface area contributed by atoms with Crippen molar-refractivity contribution >= 4 is 34.5 Å². The van der Waals surface area contributed by atoms with Gasteiger partial charge in [0.15, 0.2) is 0 Å². The Balaban J connectivity index is 1.38. The third-order valence-corrected chi connectivity index (χ3v) is 8.62. The summed E-state index contributed by atoms with van der Waals surface area (Å²) in [7, 11) is 0. The highest BCUT2D eigenvalue weighted by Gasteiger charge is 2.44. The lowest BCUT2D eigenvalue weighted by Gasteiger charge is -2.32. The molecule has 12 heteroatoms. The maximum Gasteiger partial charge on any atom is 0.246 e. The highest BCUT2D eigenvalue weighted by molar-refractivity contribution is 5.98. The lowest BCUT2D eigenvalue weighted by molar-refractivity contribution is -0.143. The number of benzene rings is 3. The molecule has 4 N–H and O–H groups in total. The van der Waals surface area contributed by atoms with E-state index in [0.717, 1.165) is 27.6 Å². The predicted molar refractivity (Wildman–Crippen MR) is 171 cm³/mol. The van der Waals surface area contributed by atoms with Gasteiger partial charge >= 0.3 is 0 Å². The number of nitrogens with one attached hydrogen (secondary N) is 4. The molecule has 3 aromatic carbocycles. The number of carbonyl (C=O) groups is 4. The van der Waals surface area contributed by atoms with Crippen LogP contribution in [-0.4, -0.2) is 70.3 Å². The van der Waals surface area contributed by atoms with Gasteiger partial charge in [0.1, 0.15) is 24.2 Å². The Morgan fingerprint density at radius 2 is 1.28 bits per heavy atom. The van der Waals surface area contributed by atoms with Crippen LogP contribution in [0.4, 0.5) is 0 Å². The fourth-order valence-corrected chi connectivity index (χ4v) is 6.31. The van der Waals surface area contributed by atoms with Crippen LogP contribution >= 0.6 is 0 Å². The summed E-state index contributed by atoms with van der Waals surface area (Å²) in [5, 5.41) is 13.4. The van der Waals surface area contributed by atoms with Crippen LogP contribution in [0, 0.1) is 0 Å². The molecular formula is C34H34N8O4. The number of hydrogen-bond donors (Lipinski definition) is 4. The normalized spacial score (nSPS) is 23.7. The first-order valence-corrected chi connectivity index (χ1v) is 15.3. The van der Waals surface area contributed by atoms with Crippen molar-refractivity contribution in [3.8, 4) is 0 Å². The van der Waals surface area contributed by atoms with Crippen molar-refractivity contribution < 1.29 is 19.2 Å². The number of azide groups is 1. The second-order valence-electron chi connectivity index (χ2n) is 11.7. The van der Waals surface area contributed by atoms with Crippen LogP contribution in [0.5, 0.6) is 0 Å². The zero-order chi connectivity index (χ0) is 32.0. The molecule has 1 aromatic heterocycles. The number of nitrogens with zero attached hydrogens (tertiary/aromatic N) is 4. The van der Waals surface area contributed by atoms with E-state index in [9.17, 15) is 19.2 Å². The summed E-state index contributed by atoms with van der Waals surface area (Å²) in [5.41, 5.74) is 12.4. The van der Waals surface area contributed by atoms with Crippen molar-refractivity contribution in [2.75, 3.05) is 6.54 Å². The van der Waals surface area contributed by atoms with Crippen molar-refractivity contribution in [3.63, 3.8) is 0 Å². The molecule has 0 saturated carbocycles. The summed E-state index contributed by atoms with van der Waals surface area (Å²) in [5.74, 6) is -2.05. The minimum absolute atomic E-state index is 0.0104. The minimum atomic E-state index is -1.06. The SMILES string of the molecule is [N-]=[N+]=NC1C[C@@H]2C(=O)N[C@@H](Cc3ccccc3)C(=O)N[C@H](Cc3c[nH]c4ccccc34)C(=O)N[C@@H](Cc3ccccc3)C(=O)N2C1. The molecular weight excluding hydrogens is 584 g/mol. The Morgan fingerprint density at radius 3 is 1.96 bits per heavy atom. The molecule has 0 radical (unpaired) electrons. The summed E-state index contributed by atoms with van der Waals surface area (Å²) in [6.45, 7) is 0.0104. The number of carbonyl (C=O) groups excluding carboxylic acids is 4. The number of aromatic amines is 1. The molecule has 0 spiro atoms. The molecule has 3 heterocycles. The van der Waals surface area contributed by atoms with Crippen LogP contribution in [0.3, 0.4) is 0 Å². The molecule has 12 nitrogen and oxygen atoms in total. The number of fused-ring (bicyclic) bond motifs is 2. The summed E-state index contributed by atoms with van der Waals surface area (Å²) < 4.78 is 0. The number of amides is 4. The number of H-pyrrole nitrogens is 1. The highest BCUT2D eigenvalue weighted by atomic mass is 16.2. The molecule has 2 fully saturated rings. The van der Waals surface area contributed by atoms with Crippen LogP contribution in [0.1, 0.15) is 23.1 Å². The van der Waals surface area contributed by atoms with Crippen LogP contribution in [0.2, 0.25) is 0 Å². The van der Waals surface area contributed by atoms with E-state index >= 15 is 0 Å². The van der Waals surface area contributed by atoms with E-state index in [0.29, 0.717) is 0 Å². The molecule has 6 rings (SSSR count). The molecule has 2 saturated heterocycles. The van der Waals surface area contributed by atoms with Crippen molar-refractivity contribution in [1.82, 2.24) is 25.8 Å². The van der Waals surface area contributed by atoms with Gasteiger partial charge in [-0.1, -0.05) is 84.0 Å². The van der Waals surface area contributed by atoms with E-state index < -0.39 is 53.8 Å². The summed E-state index contributed by atoms with van der Waals surface area (Å²) in [4.78, 5) is 63.6. The van der Waals surface area contributed by atoms with Crippen molar-refractivity contribution in [3.05, 3.63) is 118 Å². The van der Waals surface area contributed by atoms with Crippen molar-refractivity contribution in [1.29, 1.82) is 0 Å². The molecule has 2 aliphatic heterocycles. The number of hydrogen-bond acceptors (Lipinski definition) is 5. The van der Waals surface area contributed by atoms with Gasteiger partial charge < -0.3 is 25.8 Å². The van der Waals surface area contributed by atoms with Crippen LogP contribution in [0.25, 0.3) is 21.3 Å². The van der Waals surface area contributed by atoms with E-state index in [4.69, 9.17) is 5.53 Å². The van der Waals surface area contributed by atoms with Gasteiger partial charge in [-0.25, -0.2) is 0 Å². The molecule has 234 valence electrons. The summed E-state index contributed by atoms with van der Waals surface area (Å²) >= 11 is 0. The first-order valence-electron chi connectivity index (χ1n) is 15.3. The average Bonchev–Trinajstić information content (AvgIpc) is 3.68. The fraction of sp³-hybridized carbons (Fsp3) is 0.294. The van der Waals surface area contributed by atoms with Gasteiger partial charge in [-0.05, 0) is 34.7 Å². The summed E-state index contributed by atoms with van der Waals surface area (Å²) in [6, 6.07) is 21.4. The van der Waals surface area contributed by atoms with Crippen LogP contribution in [0.15, 0.2) is 96.2 Å². The fourth-order valence-electron chi connectivity index (χ4n) is 6.31. The molecule has 0 bridgehead atoms. The monoisotopic (exact) mass is 618 g/mol. The van der Waals surface area contributed by atoms with E-state index in [-0.39, 0.29) is 32.2 Å². The van der Waals surface area contributed by atoms with E-state index in [1.165, 1.54) is 4.90 Å². The third-order valence-electron chi connectivity index (χ3n) is 8.62. The lowest BCUT2D eigenvalue weighted by Crippen LogP contribution is -2.62. The van der Waals surface area contributed by atoms with Gasteiger partial charge in [-0.2, -0.15) is 0 Å². The Morgan fingerprint density at radius 1 is 0.717 bits per heavy atom. The number of aromatic nitrogens is 1. The Kier molecular flexibility index (Phi) is 8.98. The summed E-state index contributed by atoms with van der Waals surface area (Å²) in [6.07, 6.45) is 2.37. The van der Waals surface area contributed by atoms with Crippen LogP contribution < -0.4 is 16.0 Å². The molecule has 46 heavy (non-hydrogen) atoms. The van der Waals surface area contributed by atoms with Crippen molar-refractivity contribution in [2.24, 2.45) is 5.11 Å². The topological polar surface area (TPSA) is 172 Å². The van der Waals surface area contributed by atoms with E-state index in [1.807, 2.05) is 84.9 Å². The average molecular weight is 619 g/mol. The second kappa shape index (κ2) is 13.6. The quantitative estimate of drug-likeness (QED) is 0.142. The van der Waals surface area contributed by atoms with Gasteiger partial charge in [-0.3, -0.25) is 19.2 Å². The standard InChI is InChI=1S/C34H34N8O4/c35-41-40-24-18-30-33(45)38-27(15-21-9-3-1-4-10-21)31(43)37-28(17-23-19-36-26-14-8-7-13-25(23)26)32(44)39-29(34(46)42(30)20-24)16-22-11-5-2-6-12-22/h1-14,19,24,27-30,36H,15-18,20H2,(H,37,43)(H,38,45)(H,39,44)/t24?,27-,28+,29-,30+/m0/s1. The lowest BCUT2D eigenvalue weighted by atomic mass is 9.99. The predicted octanol–water partition coefficient (Wildman–Crippen LogP) is 2.94. The van der Waals surface area contributed by atoms with Gasteiger partial charge in [0.05, 0.1) is 6.04 Å². The largest absolute Gasteiger partial charge is 0.361 e. The van der Waals surface area contributed by atoms with Gasteiger partial charge in [-0.15, -0.1) is 0 Å². The molecule has 4 aromatic rings. The molecule has 4 amide bonds. The molecule has 0 aliphatic carbocycles. The first kappa shape index (κ1) is 30.4. The number of rotatable bonds is 7. The van der Waals surface area contributed by atoms with Gasteiger partial charge in [0.2, 0.25) is 23.6 Å². The third kappa shape index (κ3) is 6.72. The van der Waals surface area contributed by atoms with E-state index in [1.54, 1.807) is 6.20 Å². The van der Waals surface area contributed by atoms with Crippen LogP contribution in [-0.2, 0) is 38.4 Å². The maximum atomic E-state index is 14.2. The Labute approximate surface area is 265 Å². The van der Waals surface area contributed by atoms with E-state index in [2.05, 4.69) is 31.0 Å². The molecule has 5 atom stereocenters. The molecule has 1 unspecified atom stereocenters. The van der Waals surface area contributed by atoms with Gasteiger partial charge in [0.25, 0.3) is 0 Å². The molecule has 2 aliphatic rings. The maximum absolute atomic E-state index is 14.2. The zero-order valence-corrected chi connectivity index (χ0v) is 25.0. The van der Waals surface area contributed by atoms with Gasteiger partial charge in [0, 0.05) is 47.8 Å². The minimum Gasteiger partial charge on any atom is -0.361 e.